The van der Waals surface area contributed by atoms with Gasteiger partial charge in [-0.25, -0.2) is 0 Å². The van der Waals surface area contributed by atoms with Crippen LogP contribution >= 0.6 is 0 Å². The van der Waals surface area contributed by atoms with Gasteiger partial charge < -0.3 is 14.5 Å². The number of H-pyrrole nitrogens is 1. The predicted octanol–water partition coefficient (Wildman–Crippen LogP) is 2.25. The maximum Gasteiger partial charge on any atom is 0.138 e. The second-order valence-corrected chi connectivity index (χ2v) is 3.20. The van der Waals surface area contributed by atoms with E-state index in [1.165, 1.54) is 0 Å². The smallest absolute Gasteiger partial charge is 0.138 e. The lowest BCUT2D eigenvalue weighted by atomic mass is 10.1. The van der Waals surface area contributed by atoms with Gasteiger partial charge in [-0.2, -0.15) is 0 Å². The van der Waals surface area contributed by atoms with Crippen molar-refractivity contribution in [2.75, 3.05) is 0 Å². The largest absolute Gasteiger partial charge is 0.463 e. The zero-order valence-electron chi connectivity index (χ0n) is 8.03. The van der Waals surface area contributed by atoms with Gasteiger partial charge in [0.25, 0.3) is 0 Å². The number of hydrogen-bond acceptors (Lipinski definition) is 2. The number of nitrogens with one attached hydrogen (secondary N) is 1. The van der Waals surface area contributed by atoms with Crippen LogP contribution < -0.4 is 0 Å². The van der Waals surface area contributed by atoms with Crippen LogP contribution in [0.3, 0.4) is 0 Å². The number of aromatic nitrogens is 1. The van der Waals surface area contributed by atoms with Gasteiger partial charge in [0.1, 0.15) is 17.6 Å². The summed E-state index contributed by atoms with van der Waals surface area (Å²) < 4.78 is 5.45. The van der Waals surface area contributed by atoms with Gasteiger partial charge in [-0.05, 0) is 18.2 Å². The van der Waals surface area contributed by atoms with Crippen LogP contribution in [0.2, 0.25) is 0 Å². The highest BCUT2D eigenvalue weighted by Gasteiger charge is 2.14. The number of aromatic amines is 1. The Morgan fingerprint density at radius 3 is 2.86 bits per heavy atom. The molecule has 0 aromatic carbocycles. The molecule has 0 aliphatic heterocycles. The molecule has 0 radical (unpaired) electrons. The van der Waals surface area contributed by atoms with E-state index in [1.54, 1.807) is 12.4 Å². The third-order valence-electron chi connectivity index (χ3n) is 2.24. The molecule has 74 valence electrons. The number of aliphatic hydroxyl groups is 1. The SMILES string of the molecule is CCc1ccc(C(O)c2cc[nH]c2)o1. The van der Waals surface area contributed by atoms with Gasteiger partial charge in [-0.1, -0.05) is 6.92 Å². The van der Waals surface area contributed by atoms with Gasteiger partial charge in [-0.15, -0.1) is 0 Å². The van der Waals surface area contributed by atoms with Crippen molar-refractivity contribution in [2.45, 2.75) is 19.4 Å². The second-order valence-electron chi connectivity index (χ2n) is 3.20. The molecule has 3 nitrogen and oxygen atoms in total. The van der Waals surface area contributed by atoms with Gasteiger partial charge in [0, 0.05) is 24.4 Å². The molecular formula is C11H13NO2. The molecule has 0 spiro atoms. The molecule has 0 amide bonds. The Labute approximate surface area is 82.4 Å². The summed E-state index contributed by atoms with van der Waals surface area (Å²) in [6.07, 6.45) is 3.72. The van der Waals surface area contributed by atoms with E-state index < -0.39 is 6.10 Å². The lowest BCUT2D eigenvalue weighted by Gasteiger charge is -2.04. The summed E-state index contributed by atoms with van der Waals surface area (Å²) in [5, 5.41) is 9.88. The summed E-state index contributed by atoms with van der Waals surface area (Å²) in [5.74, 6) is 1.50. The fourth-order valence-corrected chi connectivity index (χ4v) is 1.40. The monoisotopic (exact) mass is 191 g/mol. The van der Waals surface area contributed by atoms with Crippen molar-refractivity contribution in [3.8, 4) is 0 Å². The lowest BCUT2D eigenvalue weighted by Crippen LogP contribution is -1.95. The second kappa shape index (κ2) is 3.72. The highest BCUT2D eigenvalue weighted by atomic mass is 16.4. The van der Waals surface area contributed by atoms with E-state index in [1.807, 2.05) is 25.1 Å². The Morgan fingerprint density at radius 1 is 1.43 bits per heavy atom. The molecule has 0 aliphatic rings. The summed E-state index contributed by atoms with van der Waals surface area (Å²) in [6.45, 7) is 2.02. The van der Waals surface area contributed by atoms with Crippen molar-refractivity contribution < 1.29 is 9.52 Å². The fraction of sp³-hybridized carbons (Fsp3) is 0.273. The van der Waals surface area contributed by atoms with Crippen molar-refractivity contribution in [3.63, 3.8) is 0 Å². The van der Waals surface area contributed by atoms with Crippen LogP contribution in [0.1, 0.15) is 30.1 Å². The number of aliphatic hydroxyl groups excluding tert-OH is 1. The zero-order chi connectivity index (χ0) is 9.97. The Morgan fingerprint density at radius 2 is 2.29 bits per heavy atom. The van der Waals surface area contributed by atoms with Gasteiger partial charge in [0.15, 0.2) is 0 Å². The normalized spacial score (nSPS) is 13.0. The summed E-state index contributed by atoms with van der Waals surface area (Å²) in [7, 11) is 0. The third-order valence-corrected chi connectivity index (χ3v) is 2.24. The Bertz CT molecular complexity index is 389. The quantitative estimate of drug-likeness (QED) is 0.781. The molecule has 1 atom stereocenters. The Hall–Kier alpha value is -1.48. The van der Waals surface area contributed by atoms with Crippen molar-refractivity contribution in [3.05, 3.63) is 47.7 Å². The molecule has 2 aromatic rings. The lowest BCUT2D eigenvalue weighted by molar-refractivity contribution is 0.187. The summed E-state index contributed by atoms with van der Waals surface area (Å²) in [5.41, 5.74) is 0.821. The van der Waals surface area contributed by atoms with E-state index >= 15 is 0 Å². The highest BCUT2D eigenvalue weighted by Crippen LogP contribution is 2.23. The van der Waals surface area contributed by atoms with Gasteiger partial charge >= 0.3 is 0 Å². The molecule has 14 heavy (non-hydrogen) atoms. The molecule has 0 fully saturated rings. The number of rotatable bonds is 3. The number of furan rings is 1. The first-order chi connectivity index (χ1) is 6.81. The molecule has 2 rings (SSSR count). The van der Waals surface area contributed by atoms with E-state index in [0.29, 0.717) is 5.76 Å². The van der Waals surface area contributed by atoms with Crippen LogP contribution in [0.5, 0.6) is 0 Å². The first-order valence-corrected chi connectivity index (χ1v) is 4.70. The Balaban J connectivity index is 2.23. The topological polar surface area (TPSA) is 49.2 Å². The minimum atomic E-state index is -0.665. The number of hydrogen-bond donors (Lipinski definition) is 2. The Kier molecular flexibility index (Phi) is 2.41. The summed E-state index contributed by atoms with van der Waals surface area (Å²) in [4.78, 5) is 2.90. The van der Waals surface area contributed by atoms with E-state index in [0.717, 1.165) is 17.7 Å². The maximum atomic E-state index is 9.88. The first-order valence-electron chi connectivity index (χ1n) is 4.70. The molecule has 2 heterocycles. The van der Waals surface area contributed by atoms with Gasteiger partial charge in [0.05, 0.1) is 0 Å². The van der Waals surface area contributed by atoms with Crippen molar-refractivity contribution >= 4 is 0 Å². The predicted molar refractivity (Wildman–Crippen MR) is 52.9 cm³/mol. The molecule has 2 aromatic heterocycles. The number of aryl methyl sites for hydroxylation is 1. The zero-order valence-corrected chi connectivity index (χ0v) is 8.03. The van der Waals surface area contributed by atoms with E-state index in [2.05, 4.69) is 4.98 Å². The van der Waals surface area contributed by atoms with Crippen LogP contribution in [-0.2, 0) is 6.42 Å². The van der Waals surface area contributed by atoms with Crippen LogP contribution in [0.25, 0.3) is 0 Å². The average Bonchev–Trinajstić information content (AvgIpc) is 2.88. The van der Waals surface area contributed by atoms with Crippen LogP contribution in [0, 0.1) is 0 Å². The molecule has 0 bridgehead atoms. The molecule has 1 unspecified atom stereocenters. The standard InChI is InChI=1S/C11H13NO2/c1-2-9-3-4-10(14-9)11(13)8-5-6-12-7-8/h3-7,11-13H,2H2,1H3. The van der Waals surface area contributed by atoms with Crippen LogP contribution in [-0.4, -0.2) is 10.1 Å². The molecule has 2 N–H and O–H groups in total. The van der Waals surface area contributed by atoms with Crippen molar-refractivity contribution in [2.24, 2.45) is 0 Å². The minimum Gasteiger partial charge on any atom is -0.463 e. The molecule has 0 saturated carbocycles. The first kappa shape index (κ1) is 9.09. The molecular weight excluding hydrogens is 178 g/mol. The van der Waals surface area contributed by atoms with Crippen LogP contribution in [0.15, 0.2) is 35.0 Å². The highest BCUT2D eigenvalue weighted by molar-refractivity contribution is 5.22. The summed E-state index contributed by atoms with van der Waals surface area (Å²) >= 11 is 0. The molecule has 3 heteroatoms. The molecule has 0 aliphatic carbocycles. The third kappa shape index (κ3) is 1.59. The minimum absolute atomic E-state index is 0.599. The van der Waals surface area contributed by atoms with E-state index in [9.17, 15) is 5.11 Å². The van der Waals surface area contributed by atoms with E-state index in [-0.39, 0.29) is 0 Å². The summed E-state index contributed by atoms with van der Waals surface area (Å²) in [6, 6.07) is 5.54. The fourth-order valence-electron chi connectivity index (χ4n) is 1.40. The van der Waals surface area contributed by atoms with Crippen LogP contribution in [0.4, 0.5) is 0 Å². The average molecular weight is 191 g/mol. The van der Waals surface area contributed by atoms with Crippen molar-refractivity contribution in [1.82, 2.24) is 4.98 Å². The van der Waals surface area contributed by atoms with E-state index in [4.69, 9.17) is 4.42 Å². The van der Waals surface area contributed by atoms with Crippen molar-refractivity contribution in [1.29, 1.82) is 0 Å². The van der Waals surface area contributed by atoms with Gasteiger partial charge in [0.2, 0.25) is 0 Å². The molecule has 0 saturated heterocycles. The maximum absolute atomic E-state index is 9.88. The van der Waals surface area contributed by atoms with Gasteiger partial charge in [-0.3, -0.25) is 0 Å².